The number of para-hydroxylation sites is 4. The number of nitrogens with zero attached hydrogens (tertiary/aromatic N) is 11. The number of Topliss-reactive ketones (excluding diaryl/α,β-unsaturated/α-hetero) is 2. The molecular formula is C85H93LiN12O22S2. The normalized spacial score (nSPS) is 10.3. The van der Waals surface area contributed by atoms with E-state index in [0.717, 1.165) is 87.0 Å². The number of nitrogens with two attached hydrogens (primary N) is 1. The van der Waals surface area contributed by atoms with Crippen LogP contribution in [0.25, 0.3) is 43.6 Å². The van der Waals surface area contributed by atoms with Gasteiger partial charge < -0.3 is 46.9 Å². The van der Waals surface area contributed by atoms with Crippen LogP contribution in [0, 0.1) is 44.2 Å². The summed E-state index contributed by atoms with van der Waals surface area (Å²) in [5, 5.41) is 57.3. The number of nitro groups is 3. The minimum Gasteiger partial charge on any atom is -1.00 e. The van der Waals surface area contributed by atoms with Gasteiger partial charge in [-0.3, -0.25) is 58.7 Å². The van der Waals surface area contributed by atoms with E-state index in [1.54, 1.807) is 130 Å². The van der Waals surface area contributed by atoms with Gasteiger partial charge in [0.1, 0.15) is 34.5 Å². The molecule has 0 unspecified atom stereocenters. The van der Waals surface area contributed by atoms with Crippen molar-refractivity contribution in [3.63, 3.8) is 0 Å². The summed E-state index contributed by atoms with van der Waals surface area (Å²) < 4.78 is 84.8. The van der Waals surface area contributed by atoms with Gasteiger partial charge in [0.25, 0.3) is 0 Å². The molecule has 0 saturated heterocycles. The molecule has 0 amide bonds. The number of carboxylic acids is 1. The van der Waals surface area contributed by atoms with Crippen LogP contribution in [0.2, 0.25) is 0 Å². The van der Waals surface area contributed by atoms with Crippen molar-refractivity contribution in [2.45, 2.75) is 49.8 Å². The van der Waals surface area contributed by atoms with E-state index < -0.39 is 63.5 Å². The van der Waals surface area contributed by atoms with Crippen molar-refractivity contribution >= 4 is 86.8 Å². The van der Waals surface area contributed by atoms with Gasteiger partial charge in [-0.25, -0.2) is 26.4 Å². The van der Waals surface area contributed by atoms with Crippen molar-refractivity contribution in [2.75, 3.05) is 75.2 Å². The zero-order valence-corrected chi connectivity index (χ0v) is 70.5. The summed E-state index contributed by atoms with van der Waals surface area (Å²) in [5.74, 6) is -1.27. The van der Waals surface area contributed by atoms with E-state index in [4.69, 9.17) is 59.1 Å². The number of methoxy groups -OCH3 is 5. The average molecular weight is 1710 g/mol. The molecule has 14 rings (SSSR count). The molecule has 37 heteroatoms. The van der Waals surface area contributed by atoms with E-state index in [1.807, 2.05) is 134 Å². The van der Waals surface area contributed by atoms with Gasteiger partial charge >= 0.3 is 30.8 Å². The number of aryl methyl sites for hydroxylation is 2. The SMILES string of the molecule is CN.COC(=O)c1ccc(Cn2ncc3ccccc32)c(OC)c1.COc1cc(C(=O)CS(=O)(=O)c2ccccc2C)ccc1Cn1ncc2ccccc21.COc1cc(C(=O)CS(=O)(=O)c2ccccc2C)ccc1Cn1ncc2ccccc21.COc1cc(C(=O)O)ccc1Cn1ncc2ccccc21.C[N+](=O)[O-].C[N+](=O)[O-].C[N+](=O)[O-].O.O.[H-].[Li+]. The number of carbonyl (C=O) groups is 4. The van der Waals surface area contributed by atoms with Crippen LogP contribution in [-0.2, 0) is 50.6 Å². The average Bonchev–Trinajstić information content (AvgIpc) is 1.33. The minimum absolute atomic E-state index is 0. The van der Waals surface area contributed by atoms with Gasteiger partial charge in [-0.15, -0.1) is 0 Å². The second-order valence-electron chi connectivity index (χ2n) is 25.6. The monoisotopic (exact) mass is 1700 g/mol. The Kier molecular flexibility index (Phi) is 39.8. The maximum atomic E-state index is 12.8. The van der Waals surface area contributed by atoms with Gasteiger partial charge in [-0.2, -0.15) is 20.4 Å². The fraction of sp³-hybridized carbons (Fsp3) is 0.200. The molecule has 0 saturated carbocycles. The predicted octanol–water partition coefficient (Wildman–Crippen LogP) is 8.51. The molecule has 0 radical (unpaired) electrons. The van der Waals surface area contributed by atoms with Crippen molar-refractivity contribution in [3.8, 4) is 23.0 Å². The molecule has 122 heavy (non-hydrogen) atoms. The third-order valence-corrected chi connectivity index (χ3v) is 21.0. The summed E-state index contributed by atoms with van der Waals surface area (Å²) in [6.07, 6.45) is 7.25. The Morgan fingerprint density at radius 3 is 0.877 bits per heavy atom. The van der Waals surface area contributed by atoms with E-state index in [0.29, 0.717) is 77.0 Å². The largest absolute Gasteiger partial charge is 1.00 e. The molecule has 4 aromatic heterocycles. The molecule has 10 aromatic carbocycles. The number of esters is 1. The van der Waals surface area contributed by atoms with Crippen molar-refractivity contribution in [3.05, 3.63) is 329 Å². The number of carboxylic acid groups (broad SMARTS) is 1. The van der Waals surface area contributed by atoms with Crippen LogP contribution in [-0.4, -0.2) is 186 Å². The third kappa shape index (κ3) is 28.2. The number of hydrogen-bond acceptors (Lipinski definition) is 24. The molecule has 0 aliphatic carbocycles. The zero-order valence-electron chi connectivity index (χ0n) is 69.9. The number of rotatable bonds is 22. The molecule has 0 aliphatic heterocycles. The van der Waals surface area contributed by atoms with Gasteiger partial charge in [-0.1, -0.05) is 146 Å². The number of sulfone groups is 2. The molecular weight excluding hydrogens is 1610 g/mol. The second kappa shape index (κ2) is 48.3. The van der Waals surface area contributed by atoms with Crippen LogP contribution in [0.5, 0.6) is 23.0 Å². The smallest absolute Gasteiger partial charge is 1.00 e. The molecule has 0 aliphatic rings. The van der Waals surface area contributed by atoms with Crippen LogP contribution in [0.1, 0.15) is 76.2 Å². The Morgan fingerprint density at radius 1 is 0.393 bits per heavy atom. The molecule has 4 heterocycles. The van der Waals surface area contributed by atoms with Gasteiger partial charge in [-0.05, 0) is 105 Å². The summed E-state index contributed by atoms with van der Waals surface area (Å²) in [6.45, 7) is 5.45. The van der Waals surface area contributed by atoms with Crippen LogP contribution in [0.3, 0.4) is 0 Å². The molecule has 638 valence electrons. The van der Waals surface area contributed by atoms with Crippen LogP contribution >= 0.6 is 0 Å². The molecule has 14 aromatic rings. The van der Waals surface area contributed by atoms with Gasteiger partial charge in [0.2, 0.25) is 0 Å². The maximum absolute atomic E-state index is 12.8. The Morgan fingerprint density at radius 2 is 0.623 bits per heavy atom. The molecule has 0 bridgehead atoms. The molecule has 0 spiro atoms. The van der Waals surface area contributed by atoms with Crippen LogP contribution in [0.15, 0.2) is 253 Å². The first kappa shape index (κ1) is 100. The summed E-state index contributed by atoms with van der Waals surface area (Å²) >= 11 is 0. The number of ketones is 2. The van der Waals surface area contributed by atoms with E-state index in [9.17, 15) is 36.0 Å². The number of aromatic nitrogens is 8. The maximum Gasteiger partial charge on any atom is 1.00 e. The Labute approximate surface area is 715 Å². The molecule has 7 N–H and O–H groups in total. The second-order valence-corrected chi connectivity index (χ2v) is 29.5. The number of hydrogen-bond donors (Lipinski definition) is 2. The molecule has 34 nitrogen and oxygen atoms in total. The fourth-order valence-electron chi connectivity index (χ4n) is 12.0. The van der Waals surface area contributed by atoms with E-state index >= 15 is 0 Å². The quantitative estimate of drug-likeness (QED) is 0.0211. The first-order valence-electron chi connectivity index (χ1n) is 36.0. The Hall–Kier alpha value is -13.9. The number of benzene rings is 10. The summed E-state index contributed by atoms with van der Waals surface area (Å²) in [5.41, 5.74) is 14.6. The zero-order chi connectivity index (χ0) is 87.1. The first-order valence-corrected chi connectivity index (χ1v) is 39.3. The number of fused-ring (bicyclic) bond motifs is 4. The van der Waals surface area contributed by atoms with E-state index in [1.165, 1.54) is 53.7 Å². The Balaban J connectivity index is 0.000000402. The number of ether oxygens (including phenoxy) is 5. The van der Waals surface area contributed by atoms with Crippen LogP contribution in [0.4, 0.5) is 0 Å². The predicted molar refractivity (Wildman–Crippen MR) is 458 cm³/mol. The third-order valence-electron chi connectivity index (χ3n) is 17.4. The van der Waals surface area contributed by atoms with Gasteiger partial charge in [0.05, 0.1) is 130 Å². The standard InChI is InChI=1S/2C24H22N2O4S.C17H16N2O3.C16H14N2O3.3CH3NO2.CH5N.Li.2H2O.H/c2*1-17-7-3-6-10-24(17)31(28,29)16-22(27)18-11-12-20(23(13-18)30-2)15-26-21-9-5-4-8-19(21)14-25-26;1-21-16-9-12(17(20)22-2)7-8-14(16)11-19-15-6-4-3-5-13(15)10-18-19;1-21-15-8-11(16(19)20)6-7-13(15)10-18-14-5-3-2-4-12(14)9-17-18;3*1-2(3)4;1-2;;;;/h2*3-14H,15-16H2,1-2H3;3-10H,11H2,1-2H3;2-9H,10H2,1H3,(H,19,20);3*1H3;2H2,1H3;;2*1H2;/q;;;;;;;;+1;;;-1. The van der Waals surface area contributed by atoms with E-state index in [2.05, 4.69) is 26.1 Å². The van der Waals surface area contributed by atoms with Crippen molar-refractivity contribution in [1.82, 2.24) is 39.1 Å². The summed E-state index contributed by atoms with van der Waals surface area (Å²) in [7, 11) is 4.22. The van der Waals surface area contributed by atoms with Gasteiger partial charge in [0, 0.05) is 69.7 Å². The molecule has 0 atom stereocenters. The minimum atomic E-state index is -3.74. The number of aromatic carboxylic acids is 1. The van der Waals surface area contributed by atoms with Crippen molar-refractivity contribution < 1.29 is 111 Å². The van der Waals surface area contributed by atoms with Gasteiger partial charge in [0.15, 0.2) is 52.4 Å². The molecule has 0 fully saturated rings. The topological polar surface area (TPSA) is 493 Å². The first-order chi connectivity index (χ1) is 56.9. The Bertz CT molecular complexity index is 5910. The van der Waals surface area contributed by atoms with Crippen LogP contribution < -0.4 is 43.5 Å². The van der Waals surface area contributed by atoms with E-state index in [-0.39, 0.29) is 52.6 Å². The fourth-order valence-corrected chi connectivity index (χ4v) is 15.0. The number of carbonyl (C=O) groups excluding carboxylic acids is 3. The summed E-state index contributed by atoms with van der Waals surface area (Å²) in [4.78, 5) is 73.4. The van der Waals surface area contributed by atoms with Crippen molar-refractivity contribution in [2.24, 2.45) is 5.73 Å². The van der Waals surface area contributed by atoms with Crippen molar-refractivity contribution in [1.29, 1.82) is 0 Å². The summed E-state index contributed by atoms with van der Waals surface area (Å²) in [6, 6.07) is 65.2.